The quantitative estimate of drug-likeness (QED) is 0.383. The third-order valence-corrected chi connectivity index (χ3v) is 7.05. The number of rotatable bonds is 10. The van der Waals surface area contributed by atoms with Crippen LogP contribution in [0.5, 0.6) is 0 Å². The molecular formula is C25H29N5O3S. The lowest BCUT2D eigenvalue weighted by Crippen LogP contribution is -2.27. The third kappa shape index (κ3) is 6.48. The molecular weight excluding hydrogens is 450 g/mol. The molecule has 1 heterocycles. The molecule has 9 heteroatoms. The van der Waals surface area contributed by atoms with Crippen molar-refractivity contribution in [1.82, 2.24) is 14.9 Å². The Bertz CT molecular complexity index is 1220. The Kier molecular flexibility index (Phi) is 7.64. The second kappa shape index (κ2) is 11.0. The van der Waals surface area contributed by atoms with E-state index in [0.717, 1.165) is 19.3 Å². The molecule has 1 aromatic heterocycles. The fourth-order valence-electron chi connectivity index (χ4n) is 3.83. The molecule has 0 saturated heterocycles. The molecule has 0 fully saturated rings. The lowest BCUT2D eigenvalue weighted by atomic mass is 9.94. The zero-order valence-electron chi connectivity index (χ0n) is 18.9. The molecule has 1 aliphatic rings. The molecule has 2 aromatic carbocycles. The smallest absolute Gasteiger partial charge is 0.261 e. The molecule has 8 nitrogen and oxygen atoms in total. The van der Waals surface area contributed by atoms with Crippen molar-refractivity contribution in [2.45, 2.75) is 30.7 Å². The first-order valence-corrected chi connectivity index (χ1v) is 12.8. The number of para-hydroxylation sites is 1. The van der Waals surface area contributed by atoms with Gasteiger partial charge in [0.2, 0.25) is 0 Å². The van der Waals surface area contributed by atoms with E-state index < -0.39 is 10.0 Å². The molecule has 178 valence electrons. The molecule has 0 saturated carbocycles. The van der Waals surface area contributed by atoms with Gasteiger partial charge in [0.1, 0.15) is 0 Å². The number of hydrogen-bond acceptors (Lipinski definition) is 5. The number of carbonyl (C=O) groups is 1. The van der Waals surface area contributed by atoms with Crippen molar-refractivity contribution in [1.29, 1.82) is 0 Å². The van der Waals surface area contributed by atoms with Gasteiger partial charge in [-0.1, -0.05) is 30.4 Å². The van der Waals surface area contributed by atoms with Crippen LogP contribution in [0, 0.1) is 5.92 Å². The number of sulfonamides is 1. The van der Waals surface area contributed by atoms with Gasteiger partial charge in [-0.05, 0) is 55.5 Å². The van der Waals surface area contributed by atoms with Crippen LogP contribution in [0.4, 0.5) is 11.4 Å². The fraction of sp³-hybridized carbons (Fsp3) is 0.280. The first-order valence-electron chi connectivity index (χ1n) is 11.4. The number of hydrogen-bond donors (Lipinski definition) is 3. The van der Waals surface area contributed by atoms with Gasteiger partial charge < -0.3 is 15.2 Å². The monoisotopic (exact) mass is 479 g/mol. The van der Waals surface area contributed by atoms with E-state index in [0.29, 0.717) is 36.9 Å². The summed E-state index contributed by atoms with van der Waals surface area (Å²) < 4.78 is 30.7. The number of imidazole rings is 1. The van der Waals surface area contributed by atoms with Crippen molar-refractivity contribution < 1.29 is 13.2 Å². The summed E-state index contributed by atoms with van der Waals surface area (Å²) in [4.78, 5) is 16.9. The number of allylic oxidation sites excluding steroid dienone is 2. The van der Waals surface area contributed by atoms with E-state index in [1.54, 1.807) is 48.9 Å². The van der Waals surface area contributed by atoms with E-state index in [4.69, 9.17) is 0 Å². The van der Waals surface area contributed by atoms with Gasteiger partial charge in [0, 0.05) is 49.0 Å². The Balaban J connectivity index is 1.53. The van der Waals surface area contributed by atoms with E-state index in [1.165, 1.54) is 6.07 Å². The maximum Gasteiger partial charge on any atom is 0.261 e. The number of anilines is 2. The van der Waals surface area contributed by atoms with Gasteiger partial charge in [0.15, 0.2) is 0 Å². The minimum absolute atomic E-state index is 0.0321. The predicted molar refractivity (Wildman–Crippen MR) is 133 cm³/mol. The minimum Gasteiger partial charge on any atom is -0.385 e. The Morgan fingerprint density at radius 3 is 2.68 bits per heavy atom. The summed E-state index contributed by atoms with van der Waals surface area (Å²) in [6, 6.07) is 13.4. The molecule has 34 heavy (non-hydrogen) atoms. The molecule has 0 spiro atoms. The number of carbonyl (C=O) groups excluding carboxylic acids is 1. The van der Waals surface area contributed by atoms with Crippen LogP contribution in [0.1, 0.15) is 29.6 Å². The number of nitrogens with one attached hydrogen (secondary N) is 3. The maximum atomic E-state index is 13.1. The highest BCUT2D eigenvalue weighted by Crippen LogP contribution is 2.24. The molecule has 3 N–H and O–H groups in total. The summed E-state index contributed by atoms with van der Waals surface area (Å²) in [7, 11) is -3.88. The molecule has 1 unspecified atom stereocenters. The Hall–Kier alpha value is -3.59. The number of benzene rings is 2. The van der Waals surface area contributed by atoms with Crippen molar-refractivity contribution in [2.75, 3.05) is 23.1 Å². The lowest BCUT2D eigenvalue weighted by molar-refractivity contribution is 0.0952. The zero-order chi connectivity index (χ0) is 23.8. The summed E-state index contributed by atoms with van der Waals surface area (Å²) in [5, 5.41) is 6.20. The average molecular weight is 480 g/mol. The molecule has 0 radical (unpaired) electrons. The van der Waals surface area contributed by atoms with E-state index in [2.05, 4.69) is 32.5 Å². The molecule has 1 amide bonds. The normalized spacial score (nSPS) is 15.6. The summed E-state index contributed by atoms with van der Waals surface area (Å²) >= 11 is 0. The van der Waals surface area contributed by atoms with Crippen molar-refractivity contribution in [3.8, 4) is 0 Å². The highest BCUT2D eigenvalue weighted by atomic mass is 32.2. The molecule has 4 rings (SSSR count). The lowest BCUT2D eigenvalue weighted by Gasteiger charge is -2.20. The topological polar surface area (TPSA) is 105 Å². The minimum atomic E-state index is -3.88. The van der Waals surface area contributed by atoms with Gasteiger partial charge in [0.05, 0.1) is 11.2 Å². The Labute approximate surface area is 200 Å². The van der Waals surface area contributed by atoms with Gasteiger partial charge in [0.25, 0.3) is 15.9 Å². The second-order valence-electron chi connectivity index (χ2n) is 8.31. The van der Waals surface area contributed by atoms with Crippen molar-refractivity contribution >= 4 is 27.3 Å². The average Bonchev–Trinajstić information content (AvgIpc) is 3.37. The predicted octanol–water partition coefficient (Wildman–Crippen LogP) is 3.88. The highest BCUT2D eigenvalue weighted by molar-refractivity contribution is 7.92. The number of amides is 1. The van der Waals surface area contributed by atoms with Gasteiger partial charge in [-0.15, -0.1) is 0 Å². The van der Waals surface area contributed by atoms with Crippen molar-refractivity contribution in [2.24, 2.45) is 5.92 Å². The van der Waals surface area contributed by atoms with Crippen LogP contribution >= 0.6 is 0 Å². The van der Waals surface area contributed by atoms with Gasteiger partial charge in [-0.2, -0.15) is 0 Å². The Morgan fingerprint density at radius 1 is 1.09 bits per heavy atom. The summed E-state index contributed by atoms with van der Waals surface area (Å²) in [6.07, 6.45) is 12.7. The largest absolute Gasteiger partial charge is 0.385 e. The second-order valence-corrected chi connectivity index (χ2v) is 9.99. The molecule has 0 aliphatic heterocycles. The van der Waals surface area contributed by atoms with Gasteiger partial charge in [-0.25, -0.2) is 13.4 Å². The molecule has 1 atom stereocenters. The number of nitrogens with zero attached hydrogens (tertiary/aromatic N) is 2. The summed E-state index contributed by atoms with van der Waals surface area (Å²) in [5.74, 6) is 0.140. The van der Waals surface area contributed by atoms with Crippen LogP contribution in [0.3, 0.4) is 0 Å². The van der Waals surface area contributed by atoms with Crippen LogP contribution in [-0.2, 0) is 16.6 Å². The Morgan fingerprint density at radius 2 is 1.94 bits per heavy atom. The summed E-state index contributed by atoms with van der Waals surface area (Å²) in [5.41, 5.74) is 1.35. The van der Waals surface area contributed by atoms with E-state index >= 15 is 0 Å². The van der Waals surface area contributed by atoms with E-state index in [9.17, 15) is 13.2 Å². The van der Waals surface area contributed by atoms with E-state index in [1.807, 2.05) is 16.8 Å². The SMILES string of the molecule is O=C(NCCn1ccnc1)c1cc(NCC2CC=CCC2)cc(S(=O)(=O)Nc2ccccc2)c1. The van der Waals surface area contributed by atoms with Crippen LogP contribution in [0.25, 0.3) is 0 Å². The first-order chi connectivity index (χ1) is 16.5. The number of aromatic nitrogens is 2. The van der Waals surface area contributed by atoms with E-state index in [-0.39, 0.29) is 16.4 Å². The molecule has 0 bridgehead atoms. The van der Waals surface area contributed by atoms with Gasteiger partial charge in [-0.3, -0.25) is 9.52 Å². The van der Waals surface area contributed by atoms with Crippen molar-refractivity contribution in [3.05, 3.63) is 85.0 Å². The van der Waals surface area contributed by atoms with Gasteiger partial charge >= 0.3 is 0 Å². The van der Waals surface area contributed by atoms with Crippen LogP contribution < -0.4 is 15.4 Å². The van der Waals surface area contributed by atoms with Crippen molar-refractivity contribution in [3.63, 3.8) is 0 Å². The fourth-order valence-corrected chi connectivity index (χ4v) is 4.96. The summed E-state index contributed by atoms with van der Waals surface area (Å²) in [6.45, 7) is 1.67. The standard InChI is InChI=1S/C25H29N5O3S/c31-25(27-12-14-30-13-11-26-19-30)21-15-23(28-18-20-7-3-1-4-8-20)17-24(16-21)34(32,33)29-22-9-5-2-6-10-22/h1-3,5-6,9-11,13,15-17,19-20,28-29H,4,7-8,12,14,18H2,(H,27,31). The molecule has 1 aliphatic carbocycles. The van der Waals surface area contributed by atoms with Crippen LogP contribution in [-0.4, -0.2) is 37.0 Å². The first kappa shape index (κ1) is 23.6. The van der Waals surface area contributed by atoms with Crippen LogP contribution in [0.2, 0.25) is 0 Å². The maximum absolute atomic E-state index is 13.1. The molecule has 3 aromatic rings. The third-order valence-electron chi connectivity index (χ3n) is 5.69. The zero-order valence-corrected chi connectivity index (χ0v) is 19.7. The highest BCUT2D eigenvalue weighted by Gasteiger charge is 2.19. The van der Waals surface area contributed by atoms with Crippen LogP contribution in [0.15, 0.2) is 84.3 Å².